The van der Waals surface area contributed by atoms with Crippen molar-refractivity contribution in [2.24, 2.45) is 0 Å². The second-order valence-corrected chi connectivity index (χ2v) is 3.67. The van der Waals surface area contributed by atoms with Crippen molar-refractivity contribution >= 4 is 23.2 Å². The Kier molecular flexibility index (Phi) is 2.70. The molecule has 0 radical (unpaired) electrons. The number of aromatic nitrogens is 2. The summed E-state index contributed by atoms with van der Waals surface area (Å²) in [6.07, 6.45) is 3.28. The maximum atomic E-state index is 5.63. The van der Waals surface area contributed by atoms with Gasteiger partial charge in [0.15, 0.2) is 16.4 Å². The van der Waals surface area contributed by atoms with Gasteiger partial charge in [-0.3, -0.25) is 0 Å². The number of hydrogen-bond donors (Lipinski definition) is 0. The minimum Gasteiger partial charge on any atom is -0.455 e. The van der Waals surface area contributed by atoms with Gasteiger partial charge in [-0.2, -0.15) is 0 Å². The zero-order valence-corrected chi connectivity index (χ0v) is 8.53. The molecule has 0 saturated carbocycles. The molecule has 14 heavy (non-hydrogen) atoms. The molecular weight excluding hydrogens is 223 g/mol. The van der Waals surface area contributed by atoms with E-state index in [0.717, 1.165) is 0 Å². The average molecular weight is 229 g/mol. The highest BCUT2D eigenvalue weighted by molar-refractivity contribution is 6.43. The highest BCUT2D eigenvalue weighted by Gasteiger charge is 2.11. The highest BCUT2D eigenvalue weighted by Crippen LogP contribution is 2.28. The summed E-state index contributed by atoms with van der Waals surface area (Å²) in [4.78, 5) is 7.40. The summed E-state index contributed by atoms with van der Waals surface area (Å²) in [6.45, 7) is 0. The molecule has 0 amide bonds. The molecule has 0 saturated heterocycles. The van der Waals surface area contributed by atoms with E-state index in [1.807, 2.05) is 0 Å². The molecule has 2 aromatic heterocycles. The van der Waals surface area contributed by atoms with Crippen molar-refractivity contribution in [1.29, 1.82) is 0 Å². The van der Waals surface area contributed by atoms with Crippen LogP contribution in [-0.4, -0.2) is 9.97 Å². The Balaban J connectivity index is 2.34. The van der Waals surface area contributed by atoms with Crippen LogP contribution < -0.4 is 0 Å². The first-order valence-corrected chi connectivity index (χ1v) is 4.80. The Morgan fingerprint density at radius 1 is 1.14 bits per heavy atom. The molecule has 2 rings (SSSR count). The van der Waals surface area contributed by atoms with Crippen LogP contribution in [-0.2, 0) is 0 Å². The Morgan fingerprint density at radius 3 is 2.43 bits per heavy atom. The van der Waals surface area contributed by atoms with Gasteiger partial charge in [-0.1, -0.05) is 23.2 Å². The third-order valence-corrected chi connectivity index (χ3v) is 2.06. The zero-order valence-electron chi connectivity index (χ0n) is 7.02. The molecule has 0 spiro atoms. The predicted molar refractivity (Wildman–Crippen MR) is 54.2 cm³/mol. The van der Waals surface area contributed by atoms with Gasteiger partial charge >= 0.3 is 0 Å². The number of alkyl halides is 2. The third-order valence-electron chi connectivity index (χ3n) is 1.63. The molecule has 3 nitrogen and oxygen atoms in total. The van der Waals surface area contributed by atoms with Crippen LogP contribution in [0.1, 0.15) is 10.6 Å². The first-order valence-electron chi connectivity index (χ1n) is 3.92. The Bertz CT molecular complexity index is 414. The fourth-order valence-corrected chi connectivity index (χ4v) is 1.25. The van der Waals surface area contributed by atoms with E-state index in [0.29, 0.717) is 17.3 Å². The molecule has 0 aliphatic carbocycles. The molecule has 5 heteroatoms. The molecule has 2 heterocycles. The van der Waals surface area contributed by atoms with Crippen molar-refractivity contribution in [3.8, 4) is 11.6 Å². The molecule has 0 aromatic carbocycles. The summed E-state index contributed by atoms with van der Waals surface area (Å²) in [5, 5.41) is 0. The third kappa shape index (κ3) is 1.89. The quantitative estimate of drug-likeness (QED) is 0.742. The highest BCUT2D eigenvalue weighted by atomic mass is 35.5. The van der Waals surface area contributed by atoms with Crippen molar-refractivity contribution in [3.05, 3.63) is 36.4 Å². The molecule has 0 aliphatic heterocycles. The monoisotopic (exact) mass is 228 g/mol. The van der Waals surface area contributed by atoms with Crippen LogP contribution in [0.4, 0.5) is 0 Å². The first kappa shape index (κ1) is 9.49. The summed E-state index contributed by atoms with van der Waals surface area (Å²) < 4.78 is 5.34. The standard InChI is InChI=1S/C9H6Cl2N2O/c10-8(11)6-2-3-7(14-6)9-12-4-1-5-13-9/h1-5,8H. The van der Waals surface area contributed by atoms with E-state index in [-0.39, 0.29) is 0 Å². The molecule has 0 atom stereocenters. The van der Waals surface area contributed by atoms with Gasteiger partial charge in [-0.05, 0) is 18.2 Å². The maximum absolute atomic E-state index is 5.63. The number of halogens is 2. The lowest BCUT2D eigenvalue weighted by molar-refractivity contribution is 0.535. The van der Waals surface area contributed by atoms with E-state index in [2.05, 4.69) is 9.97 Å². The lowest BCUT2D eigenvalue weighted by atomic mass is 10.4. The van der Waals surface area contributed by atoms with E-state index in [4.69, 9.17) is 27.6 Å². The fraction of sp³-hybridized carbons (Fsp3) is 0.111. The van der Waals surface area contributed by atoms with Crippen molar-refractivity contribution in [3.63, 3.8) is 0 Å². The molecule has 72 valence electrons. The molecule has 2 aromatic rings. The van der Waals surface area contributed by atoms with Gasteiger partial charge in [0.05, 0.1) is 0 Å². The Labute approximate surface area is 90.7 Å². The van der Waals surface area contributed by atoms with E-state index in [9.17, 15) is 0 Å². The van der Waals surface area contributed by atoms with E-state index in [1.165, 1.54) is 0 Å². The van der Waals surface area contributed by atoms with Crippen LogP contribution in [0.25, 0.3) is 11.6 Å². The van der Waals surface area contributed by atoms with Crippen LogP contribution >= 0.6 is 23.2 Å². The Morgan fingerprint density at radius 2 is 1.86 bits per heavy atom. The first-order chi connectivity index (χ1) is 6.77. The number of furan rings is 1. The van der Waals surface area contributed by atoms with Crippen LogP contribution in [0.15, 0.2) is 35.0 Å². The van der Waals surface area contributed by atoms with E-state index < -0.39 is 4.84 Å². The lowest BCUT2D eigenvalue weighted by Gasteiger charge is -1.95. The molecule has 0 aliphatic rings. The molecular formula is C9H6Cl2N2O. The van der Waals surface area contributed by atoms with E-state index >= 15 is 0 Å². The van der Waals surface area contributed by atoms with Crippen molar-refractivity contribution in [2.75, 3.05) is 0 Å². The van der Waals surface area contributed by atoms with Gasteiger partial charge < -0.3 is 4.42 Å². The van der Waals surface area contributed by atoms with Crippen molar-refractivity contribution in [1.82, 2.24) is 9.97 Å². The van der Waals surface area contributed by atoms with Gasteiger partial charge in [0, 0.05) is 12.4 Å². The summed E-state index contributed by atoms with van der Waals surface area (Å²) in [6, 6.07) is 5.18. The number of hydrogen-bond acceptors (Lipinski definition) is 3. The Hall–Kier alpha value is -1.06. The van der Waals surface area contributed by atoms with Crippen molar-refractivity contribution in [2.45, 2.75) is 4.84 Å². The van der Waals surface area contributed by atoms with Crippen LogP contribution in [0.5, 0.6) is 0 Å². The molecule has 0 unspecified atom stereocenters. The minimum atomic E-state index is -0.660. The van der Waals surface area contributed by atoms with Gasteiger partial charge in [-0.15, -0.1) is 0 Å². The normalized spacial score (nSPS) is 10.8. The topological polar surface area (TPSA) is 38.9 Å². The summed E-state index contributed by atoms with van der Waals surface area (Å²) >= 11 is 11.3. The largest absolute Gasteiger partial charge is 0.455 e. The van der Waals surface area contributed by atoms with Gasteiger partial charge in [-0.25, -0.2) is 9.97 Å². The zero-order chi connectivity index (χ0) is 9.97. The second kappa shape index (κ2) is 3.98. The van der Waals surface area contributed by atoms with E-state index in [1.54, 1.807) is 30.6 Å². The molecule has 0 N–H and O–H groups in total. The predicted octanol–water partition coefficient (Wildman–Crippen LogP) is 3.21. The lowest BCUT2D eigenvalue weighted by Crippen LogP contribution is -1.83. The van der Waals surface area contributed by atoms with Crippen LogP contribution in [0.3, 0.4) is 0 Å². The van der Waals surface area contributed by atoms with Gasteiger partial charge in [0.1, 0.15) is 5.76 Å². The number of rotatable bonds is 2. The minimum absolute atomic E-state index is 0.496. The van der Waals surface area contributed by atoms with Gasteiger partial charge in [0.25, 0.3) is 0 Å². The van der Waals surface area contributed by atoms with Crippen molar-refractivity contribution < 1.29 is 4.42 Å². The SMILES string of the molecule is ClC(Cl)c1ccc(-c2ncccn2)o1. The van der Waals surface area contributed by atoms with Crippen LogP contribution in [0, 0.1) is 0 Å². The summed E-state index contributed by atoms with van der Waals surface area (Å²) in [7, 11) is 0. The second-order valence-electron chi connectivity index (χ2n) is 2.58. The average Bonchev–Trinajstić information content (AvgIpc) is 2.68. The molecule has 0 bridgehead atoms. The molecule has 0 fully saturated rings. The smallest absolute Gasteiger partial charge is 0.195 e. The summed E-state index contributed by atoms with van der Waals surface area (Å²) in [5.74, 6) is 1.58. The fourth-order valence-electron chi connectivity index (χ4n) is 1.02. The van der Waals surface area contributed by atoms with Gasteiger partial charge in [0.2, 0.25) is 0 Å². The number of nitrogens with zero attached hydrogens (tertiary/aromatic N) is 2. The van der Waals surface area contributed by atoms with Crippen LogP contribution in [0.2, 0.25) is 0 Å². The maximum Gasteiger partial charge on any atom is 0.195 e. The summed E-state index contributed by atoms with van der Waals surface area (Å²) in [5.41, 5.74) is 0.